The summed E-state index contributed by atoms with van der Waals surface area (Å²) in [5.74, 6) is 0.866. The maximum atomic E-state index is 5.80. The highest BCUT2D eigenvalue weighted by atomic mass is 35.5. The summed E-state index contributed by atoms with van der Waals surface area (Å²) < 4.78 is 1.94. The Balaban J connectivity index is 0. The highest BCUT2D eigenvalue weighted by molar-refractivity contribution is 6.30. The second-order valence-corrected chi connectivity index (χ2v) is 3.78. The topological polar surface area (TPSA) is 29.9 Å². The Bertz CT molecular complexity index is 442. The molecular formula is C11H15Cl4N3. The van der Waals surface area contributed by atoms with Crippen molar-refractivity contribution in [3.05, 3.63) is 47.2 Å². The maximum Gasteiger partial charge on any atom is 0.202 e. The number of hydrogen-bond donors (Lipinski definition) is 1. The van der Waals surface area contributed by atoms with Gasteiger partial charge in [-0.3, -0.25) is 0 Å². The number of aromatic nitrogens is 2. The SMILES string of the molecule is Cl.Cl.Cl.Cn1ccnc1NCc1ccc(Cl)cc1. The number of anilines is 1. The quantitative estimate of drug-likeness (QED) is 0.923. The van der Waals surface area contributed by atoms with E-state index < -0.39 is 0 Å². The maximum absolute atomic E-state index is 5.80. The molecule has 0 saturated heterocycles. The summed E-state index contributed by atoms with van der Waals surface area (Å²) in [6.07, 6.45) is 3.67. The van der Waals surface area contributed by atoms with Crippen molar-refractivity contribution in [2.24, 2.45) is 7.05 Å². The molecule has 3 nitrogen and oxygen atoms in total. The number of nitrogens with zero attached hydrogens (tertiary/aromatic N) is 2. The zero-order valence-electron chi connectivity index (χ0n) is 9.67. The lowest BCUT2D eigenvalue weighted by Gasteiger charge is -2.05. The van der Waals surface area contributed by atoms with Crippen molar-refractivity contribution in [3.63, 3.8) is 0 Å². The molecule has 1 N–H and O–H groups in total. The normalized spacial score (nSPS) is 8.56. The van der Waals surface area contributed by atoms with Crippen molar-refractivity contribution in [1.82, 2.24) is 9.55 Å². The molecular weight excluding hydrogens is 316 g/mol. The van der Waals surface area contributed by atoms with E-state index in [0.717, 1.165) is 17.5 Å². The monoisotopic (exact) mass is 329 g/mol. The van der Waals surface area contributed by atoms with Crippen LogP contribution < -0.4 is 5.32 Å². The number of halogens is 4. The predicted octanol–water partition coefficient (Wildman–Crippen LogP) is 3.95. The molecule has 0 unspecified atom stereocenters. The van der Waals surface area contributed by atoms with Crippen molar-refractivity contribution in [3.8, 4) is 0 Å². The van der Waals surface area contributed by atoms with E-state index in [1.807, 2.05) is 42.1 Å². The molecule has 2 aromatic rings. The van der Waals surface area contributed by atoms with Gasteiger partial charge in [0.05, 0.1) is 0 Å². The highest BCUT2D eigenvalue weighted by Gasteiger charge is 1.98. The summed E-state index contributed by atoms with van der Waals surface area (Å²) in [5, 5.41) is 4.00. The summed E-state index contributed by atoms with van der Waals surface area (Å²) in [4.78, 5) is 4.17. The fourth-order valence-electron chi connectivity index (χ4n) is 1.32. The largest absolute Gasteiger partial charge is 0.352 e. The van der Waals surface area contributed by atoms with Gasteiger partial charge >= 0.3 is 0 Å². The fourth-order valence-corrected chi connectivity index (χ4v) is 1.45. The second kappa shape index (κ2) is 9.34. The molecule has 0 spiro atoms. The number of rotatable bonds is 3. The van der Waals surface area contributed by atoms with E-state index in [0.29, 0.717) is 0 Å². The second-order valence-electron chi connectivity index (χ2n) is 3.34. The van der Waals surface area contributed by atoms with E-state index in [-0.39, 0.29) is 37.2 Å². The number of benzene rings is 1. The molecule has 1 aromatic heterocycles. The van der Waals surface area contributed by atoms with Crippen LogP contribution in [0.4, 0.5) is 5.95 Å². The average Bonchev–Trinajstić information content (AvgIpc) is 2.63. The molecule has 7 heteroatoms. The van der Waals surface area contributed by atoms with E-state index in [9.17, 15) is 0 Å². The van der Waals surface area contributed by atoms with Gasteiger partial charge in [0.1, 0.15) is 0 Å². The molecule has 0 aliphatic rings. The lowest BCUT2D eigenvalue weighted by atomic mass is 10.2. The Morgan fingerprint density at radius 2 is 1.78 bits per heavy atom. The van der Waals surface area contributed by atoms with Crippen molar-refractivity contribution >= 4 is 54.8 Å². The van der Waals surface area contributed by atoms with Crippen LogP contribution >= 0.6 is 48.8 Å². The van der Waals surface area contributed by atoms with E-state index in [1.165, 1.54) is 5.56 Å². The molecule has 1 aromatic carbocycles. The van der Waals surface area contributed by atoms with E-state index in [4.69, 9.17) is 11.6 Å². The highest BCUT2D eigenvalue weighted by Crippen LogP contribution is 2.11. The Kier molecular flexibility index (Phi) is 10.2. The van der Waals surface area contributed by atoms with Crippen LogP contribution in [0.5, 0.6) is 0 Å². The number of aryl methyl sites for hydroxylation is 1. The summed E-state index contributed by atoms with van der Waals surface area (Å²) in [6, 6.07) is 7.77. The van der Waals surface area contributed by atoms with E-state index >= 15 is 0 Å². The zero-order chi connectivity index (χ0) is 10.7. The first-order valence-corrected chi connectivity index (χ1v) is 5.09. The van der Waals surface area contributed by atoms with Crippen molar-refractivity contribution in [2.75, 3.05) is 5.32 Å². The minimum absolute atomic E-state index is 0. The third-order valence-electron chi connectivity index (χ3n) is 2.19. The van der Waals surface area contributed by atoms with Crippen LogP contribution in [0, 0.1) is 0 Å². The first kappa shape index (κ1) is 19.7. The van der Waals surface area contributed by atoms with Crippen LogP contribution in [0.2, 0.25) is 5.02 Å². The van der Waals surface area contributed by atoms with Gasteiger partial charge in [0.2, 0.25) is 5.95 Å². The first-order chi connectivity index (χ1) is 7.25. The van der Waals surface area contributed by atoms with Crippen molar-refractivity contribution < 1.29 is 0 Å². The van der Waals surface area contributed by atoms with Crippen LogP contribution in [0.3, 0.4) is 0 Å². The molecule has 2 rings (SSSR count). The summed E-state index contributed by atoms with van der Waals surface area (Å²) in [7, 11) is 1.96. The number of nitrogens with one attached hydrogen (secondary N) is 1. The molecule has 18 heavy (non-hydrogen) atoms. The number of imidazole rings is 1. The fraction of sp³-hybridized carbons (Fsp3) is 0.182. The molecule has 0 radical (unpaired) electrons. The van der Waals surface area contributed by atoms with Crippen molar-refractivity contribution in [2.45, 2.75) is 6.54 Å². The molecule has 0 aliphatic heterocycles. The van der Waals surface area contributed by atoms with Gasteiger partial charge in [0.25, 0.3) is 0 Å². The lowest BCUT2D eigenvalue weighted by molar-refractivity contribution is 0.900. The van der Waals surface area contributed by atoms with Gasteiger partial charge in [-0.05, 0) is 17.7 Å². The van der Waals surface area contributed by atoms with Crippen LogP contribution in [0.15, 0.2) is 36.7 Å². The standard InChI is InChI=1S/C11H12ClN3.3ClH/c1-15-7-6-13-11(15)14-8-9-2-4-10(12)5-3-9;;;/h2-7H,8H2,1H3,(H,13,14);3*1H. The molecule has 1 heterocycles. The van der Waals surface area contributed by atoms with Crippen LogP contribution in [0.25, 0.3) is 0 Å². The minimum atomic E-state index is 0. The van der Waals surface area contributed by atoms with Gasteiger partial charge in [-0.25, -0.2) is 4.98 Å². The van der Waals surface area contributed by atoms with Gasteiger partial charge < -0.3 is 9.88 Å². The minimum Gasteiger partial charge on any atom is -0.352 e. The molecule has 0 bridgehead atoms. The van der Waals surface area contributed by atoms with Gasteiger partial charge in [0.15, 0.2) is 0 Å². The van der Waals surface area contributed by atoms with Gasteiger partial charge in [-0.1, -0.05) is 23.7 Å². The molecule has 0 amide bonds. The van der Waals surface area contributed by atoms with Crippen LogP contribution in [-0.4, -0.2) is 9.55 Å². The smallest absolute Gasteiger partial charge is 0.202 e. The van der Waals surface area contributed by atoms with Crippen LogP contribution in [-0.2, 0) is 13.6 Å². The number of hydrogen-bond acceptors (Lipinski definition) is 2. The van der Waals surface area contributed by atoms with Gasteiger partial charge in [-0.2, -0.15) is 0 Å². The van der Waals surface area contributed by atoms with Crippen molar-refractivity contribution in [1.29, 1.82) is 0 Å². The Morgan fingerprint density at radius 3 is 2.28 bits per heavy atom. The molecule has 0 saturated carbocycles. The zero-order valence-corrected chi connectivity index (χ0v) is 12.9. The Hall–Kier alpha value is -0.610. The average molecular weight is 331 g/mol. The van der Waals surface area contributed by atoms with Gasteiger partial charge in [-0.15, -0.1) is 37.2 Å². The summed E-state index contributed by atoms with van der Waals surface area (Å²) in [6.45, 7) is 0.752. The summed E-state index contributed by atoms with van der Waals surface area (Å²) in [5.41, 5.74) is 1.18. The molecule has 102 valence electrons. The third-order valence-corrected chi connectivity index (χ3v) is 2.44. The molecule has 0 fully saturated rings. The van der Waals surface area contributed by atoms with E-state index in [1.54, 1.807) is 6.20 Å². The van der Waals surface area contributed by atoms with E-state index in [2.05, 4.69) is 10.3 Å². The Morgan fingerprint density at radius 1 is 1.17 bits per heavy atom. The summed E-state index contributed by atoms with van der Waals surface area (Å²) >= 11 is 5.80. The third kappa shape index (κ3) is 5.36. The lowest BCUT2D eigenvalue weighted by Crippen LogP contribution is -2.04. The van der Waals surface area contributed by atoms with Gasteiger partial charge in [0, 0.05) is 31.0 Å². The molecule has 0 atom stereocenters. The molecule has 0 aliphatic carbocycles. The Labute approximate surface area is 130 Å². The van der Waals surface area contributed by atoms with Crippen LogP contribution in [0.1, 0.15) is 5.56 Å². The first-order valence-electron chi connectivity index (χ1n) is 4.71. The predicted molar refractivity (Wildman–Crippen MR) is 83.7 cm³/mol.